The van der Waals surface area contributed by atoms with E-state index in [1.54, 1.807) is 6.07 Å². The Morgan fingerprint density at radius 2 is 1.90 bits per heavy atom. The van der Waals surface area contributed by atoms with E-state index in [9.17, 15) is 13.2 Å². The summed E-state index contributed by atoms with van der Waals surface area (Å²) in [5.41, 5.74) is 0.883. The first-order valence-corrected chi connectivity index (χ1v) is 8.87. The number of benzene rings is 1. The quantitative estimate of drug-likeness (QED) is 0.926. The summed E-state index contributed by atoms with van der Waals surface area (Å²) in [6.45, 7) is 0.406. The Balaban J connectivity index is 1.78. The lowest BCUT2D eigenvalue weighted by Gasteiger charge is -2.21. The molecule has 20 heavy (non-hydrogen) atoms. The highest BCUT2D eigenvalue weighted by Crippen LogP contribution is 2.22. The highest BCUT2D eigenvalue weighted by atomic mass is 35.5. The van der Waals surface area contributed by atoms with Crippen molar-refractivity contribution in [2.24, 2.45) is 5.92 Å². The Labute approximate surface area is 124 Å². The van der Waals surface area contributed by atoms with Crippen molar-refractivity contribution < 1.29 is 13.2 Å². The Kier molecular flexibility index (Phi) is 5.05. The van der Waals surface area contributed by atoms with Crippen LogP contribution >= 0.6 is 11.6 Å². The zero-order valence-electron chi connectivity index (χ0n) is 11.1. The van der Waals surface area contributed by atoms with Gasteiger partial charge in [-0.3, -0.25) is 4.79 Å². The predicted octanol–water partition coefficient (Wildman–Crippen LogP) is 2.17. The maximum absolute atomic E-state index is 11.9. The molecule has 0 bridgehead atoms. The standard InChI is InChI=1S/C14H18ClNO3S/c15-13-4-2-1-3-12(13)10-16-14(17)9-11-5-7-20(18,19)8-6-11/h1-4,11H,5-10H2,(H,16,17). The van der Waals surface area contributed by atoms with E-state index in [0.29, 0.717) is 30.8 Å². The summed E-state index contributed by atoms with van der Waals surface area (Å²) in [6.07, 6.45) is 1.56. The number of nitrogens with one attached hydrogen (secondary N) is 1. The summed E-state index contributed by atoms with van der Waals surface area (Å²) < 4.78 is 22.6. The number of carbonyl (C=O) groups excluding carboxylic acids is 1. The molecule has 1 aliphatic heterocycles. The van der Waals surface area contributed by atoms with E-state index in [1.165, 1.54) is 0 Å². The van der Waals surface area contributed by atoms with E-state index >= 15 is 0 Å². The molecular weight excluding hydrogens is 298 g/mol. The summed E-state index contributed by atoms with van der Waals surface area (Å²) in [7, 11) is -2.86. The van der Waals surface area contributed by atoms with Gasteiger partial charge in [-0.2, -0.15) is 0 Å². The van der Waals surface area contributed by atoms with Gasteiger partial charge in [-0.25, -0.2) is 8.42 Å². The van der Waals surface area contributed by atoms with Crippen molar-refractivity contribution in [2.75, 3.05) is 11.5 Å². The van der Waals surface area contributed by atoms with E-state index in [4.69, 9.17) is 11.6 Å². The van der Waals surface area contributed by atoms with Crippen molar-refractivity contribution in [2.45, 2.75) is 25.8 Å². The van der Waals surface area contributed by atoms with Crippen LogP contribution in [0.25, 0.3) is 0 Å². The van der Waals surface area contributed by atoms with Gasteiger partial charge in [-0.15, -0.1) is 0 Å². The lowest BCUT2D eigenvalue weighted by atomic mass is 9.98. The van der Waals surface area contributed by atoms with Crippen molar-refractivity contribution in [1.29, 1.82) is 0 Å². The van der Waals surface area contributed by atoms with E-state index in [-0.39, 0.29) is 23.3 Å². The first-order chi connectivity index (χ1) is 9.46. The fraction of sp³-hybridized carbons (Fsp3) is 0.500. The number of sulfone groups is 1. The minimum Gasteiger partial charge on any atom is -0.352 e. The van der Waals surface area contributed by atoms with Gasteiger partial charge in [0, 0.05) is 18.0 Å². The highest BCUT2D eigenvalue weighted by Gasteiger charge is 2.25. The molecule has 1 saturated heterocycles. The van der Waals surface area contributed by atoms with Crippen LogP contribution < -0.4 is 5.32 Å². The van der Waals surface area contributed by atoms with Crippen LogP contribution in [0.2, 0.25) is 5.02 Å². The number of amides is 1. The number of halogens is 1. The van der Waals surface area contributed by atoms with Gasteiger partial charge in [-0.05, 0) is 30.4 Å². The first-order valence-electron chi connectivity index (χ1n) is 6.67. The number of hydrogen-bond donors (Lipinski definition) is 1. The molecule has 1 aromatic rings. The van der Waals surface area contributed by atoms with Gasteiger partial charge >= 0.3 is 0 Å². The van der Waals surface area contributed by atoms with Crippen LogP contribution in [-0.4, -0.2) is 25.8 Å². The van der Waals surface area contributed by atoms with Crippen molar-refractivity contribution in [1.82, 2.24) is 5.32 Å². The molecule has 0 atom stereocenters. The van der Waals surface area contributed by atoms with Crippen LogP contribution in [0.3, 0.4) is 0 Å². The number of rotatable bonds is 4. The zero-order chi connectivity index (χ0) is 14.6. The van der Waals surface area contributed by atoms with Crippen molar-refractivity contribution in [3.63, 3.8) is 0 Å². The molecule has 1 aliphatic rings. The van der Waals surface area contributed by atoms with Crippen LogP contribution in [0.1, 0.15) is 24.8 Å². The zero-order valence-corrected chi connectivity index (χ0v) is 12.7. The molecule has 110 valence electrons. The SMILES string of the molecule is O=C(CC1CCS(=O)(=O)CC1)NCc1ccccc1Cl. The average molecular weight is 316 g/mol. The Morgan fingerprint density at radius 3 is 2.55 bits per heavy atom. The molecule has 0 radical (unpaired) electrons. The van der Waals surface area contributed by atoms with Crippen molar-refractivity contribution >= 4 is 27.3 Å². The van der Waals surface area contributed by atoms with Gasteiger partial charge < -0.3 is 5.32 Å². The molecule has 0 saturated carbocycles. The molecule has 1 heterocycles. The summed E-state index contributed by atoms with van der Waals surface area (Å²) in [6, 6.07) is 7.38. The molecule has 6 heteroatoms. The maximum atomic E-state index is 11.9. The monoisotopic (exact) mass is 315 g/mol. The van der Waals surface area contributed by atoms with E-state index in [1.807, 2.05) is 18.2 Å². The summed E-state index contributed by atoms with van der Waals surface area (Å²) in [4.78, 5) is 11.9. The van der Waals surface area contributed by atoms with Gasteiger partial charge in [0.1, 0.15) is 9.84 Å². The number of carbonyl (C=O) groups is 1. The molecule has 0 aliphatic carbocycles. The smallest absolute Gasteiger partial charge is 0.220 e. The van der Waals surface area contributed by atoms with Crippen LogP contribution in [-0.2, 0) is 21.2 Å². The van der Waals surface area contributed by atoms with Crippen LogP contribution in [0.5, 0.6) is 0 Å². The molecule has 0 aromatic heterocycles. The average Bonchev–Trinajstić information content (AvgIpc) is 2.40. The van der Waals surface area contributed by atoms with E-state index in [2.05, 4.69) is 5.32 Å². The van der Waals surface area contributed by atoms with Crippen LogP contribution in [0, 0.1) is 5.92 Å². The molecule has 1 amide bonds. The van der Waals surface area contributed by atoms with Gasteiger partial charge in [-0.1, -0.05) is 29.8 Å². The Hall–Kier alpha value is -1.07. The molecule has 1 N–H and O–H groups in total. The lowest BCUT2D eigenvalue weighted by molar-refractivity contribution is -0.122. The van der Waals surface area contributed by atoms with Gasteiger partial charge in [0.2, 0.25) is 5.91 Å². The molecule has 1 aromatic carbocycles. The molecule has 2 rings (SSSR count). The molecule has 0 unspecified atom stereocenters. The van der Waals surface area contributed by atoms with E-state index < -0.39 is 9.84 Å². The van der Waals surface area contributed by atoms with Crippen molar-refractivity contribution in [3.8, 4) is 0 Å². The first kappa shape index (κ1) is 15.3. The highest BCUT2D eigenvalue weighted by molar-refractivity contribution is 7.91. The predicted molar refractivity (Wildman–Crippen MR) is 79.3 cm³/mol. The Morgan fingerprint density at radius 1 is 1.25 bits per heavy atom. The molecule has 4 nitrogen and oxygen atoms in total. The molecular formula is C14H18ClNO3S. The lowest BCUT2D eigenvalue weighted by Crippen LogP contribution is -2.29. The fourth-order valence-electron chi connectivity index (χ4n) is 2.31. The third-order valence-corrected chi connectivity index (χ3v) is 5.67. The minimum atomic E-state index is -2.86. The second-order valence-corrected chi connectivity index (χ2v) is 7.88. The fourth-order valence-corrected chi connectivity index (χ4v) is 4.10. The summed E-state index contributed by atoms with van der Waals surface area (Å²) in [5.74, 6) is 0.532. The second-order valence-electron chi connectivity index (χ2n) is 5.17. The second kappa shape index (κ2) is 6.59. The van der Waals surface area contributed by atoms with Crippen molar-refractivity contribution in [3.05, 3.63) is 34.9 Å². The van der Waals surface area contributed by atoms with Gasteiger partial charge in [0.15, 0.2) is 0 Å². The normalized spacial score (nSPS) is 18.6. The molecule has 1 fully saturated rings. The van der Waals surface area contributed by atoms with Crippen LogP contribution in [0.15, 0.2) is 24.3 Å². The minimum absolute atomic E-state index is 0.0470. The third kappa shape index (κ3) is 4.49. The summed E-state index contributed by atoms with van der Waals surface area (Å²) >= 11 is 6.01. The largest absolute Gasteiger partial charge is 0.352 e. The third-order valence-electron chi connectivity index (χ3n) is 3.58. The summed E-state index contributed by atoms with van der Waals surface area (Å²) in [5, 5.41) is 3.47. The number of hydrogen-bond acceptors (Lipinski definition) is 3. The van der Waals surface area contributed by atoms with E-state index in [0.717, 1.165) is 5.56 Å². The Bertz CT molecular complexity index is 572. The van der Waals surface area contributed by atoms with Gasteiger partial charge in [0.05, 0.1) is 11.5 Å². The maximum Gasteiger partial charge on any atom is 0.220 e. The van der Waals surface area contributed by atoms with Gasteiger partial charge in [0.25, 0.3) is 0 Å². The topological polar surface area (TPSA) is 63.2 Å². The molecule has 0 spiro atoms. The van der Waals surface area contributed by atoms with Crippen LogP contribution in [0.4, 0.5) is 0 Å².